The molecule has 1 amide bonds. The Balaban J connectivity index is 1.92. The van der Waals surface area contributed by atoms with Crippen LogP contribution in [0.5, 0.6) is 0 Å². The van der Waals surface area contributed by atoms with Crippen LogP contribution in [0.4, 0.5) is 5.69 Å². The molecule has 0 bridgehead atoms. The minimum atomic E-state index is -0.0661. The van der Waals surface area contributed by atoms with Crippen molar-refractivity contribution in [1.82, 2.24) is 9.88 Å². The summed E-state index contributed by atoms with van der Waals surface area (Å²) in [6.07, 6.45) is 4.91. The van der Waals surface area contributed by atoms with E-state index < -0.39 is 0 Å². The van der Waals surface area contributed by atoms with Gasteiger partial charge >= 0.3 is 0 Å². The van der Waals surface area contributed by atoms with Gasteiger partial charge in [-0.1, -0.05) is 6.92 Å². The highest BCUT2D eigenvalue weighted by Gasteiger charge is 2.21. The molecule has 0 radical (unpaired) electrons. The van der Waals surface area contributed by atoms with Gasteiger partial charge in [0, 0.05) is 24.8 Å². The summed E-state index contributed by atoms with van der Waals surface area (Å²) in [6.45, 7) is 3.01. The molecule has 0 aromatic carbocycles. The fraction of sp³-hybridized carbons (Fsp3) is 0.538. The minimum Gasteiger partial charge on any atom is -0.324 e. The molecule has 1 saturated carbocycles. The van der Waals surface area contributed by atoms with Gasteiger partial charge in [-0.05, 0) is 25.3 Å². The number of carbonyl (C=O) groups excluding carboxylic acids is 1. The standard InChI is InChI=1S/C13H19N3O2/c1-2-7-16-9-11(5-6-13(16)18)15-12(17)8-14-10-3-4-10/h5-6,9-10,14H,2-4,7-8H2,1H3,(H,15,17). The smallest absolute Gasteiger partial charge is 0.250 e. The number of hydrogen-bond acceptors (Lipinski definition) is 3. The second kappa shape index (κ2) is 5.82. The number of aryl methyl sites for hydroxylation is 1. The largest absolute Gasteiger partial charge is 0.324 e. The first-order valence-electron chi connectivity index (χ1n) is 6.43. The maximum absolute atomic E-state index is 11.6. The van der Waals surface area contributed by atoms with Crippen LogP contribution in [0.2, 0.25) is 0 Å². The van der Waals surface area contributed by atoms with Crippen LogP contribution in [0, 0.1) is 0 Å². The first-order valence-corrected chi connectivity index (χ1v) is 6.43. The lowest BCUT2D eigenvalue weighted by Crippen LogP contribution is -2.30. The highest BCUT2D eigenvalue weighted by molar-refractivity contribution is 5.92. The summed E-state index contributed by atoms with van der Waals surface area (Å²) in [5.41, 5.74) is 0.636. The zero-order valence-corrected chi connectivity index (χ0v) is 10.6. The number of nitrogens with one attached hydrogen (secondary N) is 2. The Kier molecular flexibility index (Phi) is 4.15. The molecule has 0 spiro atoms. The molecule has 18 heavy (non-hydrogen) atoms. The summed E-state index contributed by atoms with van der Waals surface area (Å²) in [4.78, 5) is 23.1. The van der Waals surface area contributed by atoms with Crippen LogP contribution in [0.1, 0.15) is 26.2 Å². The van der Waals surface area contributed by atoms with Gasteiger partial charge < -0.3 is 15.2 Å². The number of hydrogen-bond donors (Lipinski definition) is 2. The molecule has 2 rings (SSSR count). The Labute approximate surface area is 106 Å². The van der Waals surface area contributed by atoms with E-state index in [0.29, 0.717) is 24.8 Å². The lowest BCUT2D eigenvalue weighted by atomic mass is 10.3. The zero-order valence-electron chi connectivity index (χ0n) is 10.6. The van der Waals surface area contributed by atoms with Crippen molar-refractivity contribution in [2.24, 2.45) is 0 Å². The summed E-state index contributed by atoms with van der Waals surface area (Å²) in [5, 5.41) is 5.94. The molecule has 5 nitrogen and oxygen atoms in total. The van der Waals surface area contributed by atoms with E-state index in [0.717, 1.165) is 19.3 Å². The third-order valence-corrected chi connectivity index (χ3v) is 2.86. The van der Waals surface area contributed by atoms with Crippen LogP contribution >= 0.6 is 0 Å². The maximum atomic E-state index is 11.6. The Hall–Kier alpha value is -1.62. The van der Waals surface area contributed by atoms with E-state index in [1.165, 1.54) is 6.07 Å². The van der Waals surface area contributed by atoms with Gasteiger partial charge in [0.05, 0.1) is 12.2 Å². The third kappa shape index (κ3) is 3.70. The van der Waals surface area contributed by atoms with Crippen LogP contribution in [0.25, 0.3) is 0 Å². The average molecular weight is 249 g/mol. The number of carbonyl (C=O) groups is 1. The molecular formula is C13H19N3O2. The van der Waals surface area contributed by atoms with Crippen molar-refractivity contribution in [2.75, 3.05) is 11.9 Å². The van der Waals surface area contributed by atoms with Crippen LogP contribution in [0.3, 0.4) is 0 Å². The molecule has 1 aliphatic carbocycles. The Morgan fingerprint density at radius 2 is 2.22 bits per heavy atom. The number of nitrogens with zero attached hydrogens (tertiary/aromatic N) is 1. The molecule has 0 saturated heterocycles. The molecule has 5 heteroatoms. The van der Waals surface area contributed by atoms with E-state index >= 15 is 0 Å². The number of rotatable bonds is 6. The third-order valence-electron chi connectivity index (χ3n) is 2.86. The SMILES string of the molecule is CCCn1cc(NC(=O)CNC2CC2)ccc1=O. The summed E-state index contributed by atoms with van der Waals surface area (Å²) < 4.78 is 1.62. The van der Waals surface area contributed by atoms with E-state index in [9.17, 15) is 9.59 Å². The van der Waals surface area contributed by atoms with Crippen LogP contribution in [0.15, 0.2) is 23.1 Å². The molecule has 2 N–H and O–H groups in total. The average Bonchev–Trinajstić information content (AvgIpc) is 3.15. The van der Waals surface area contributed by atoms with Crippen molar-refractivity contribution in [3.05, 3.63) is 28.7 Å². The molecular weight excluding hydrogens is 230 g/mol. The van der Waals surface area contributed by atoms with Gasteiger partial charge in [0.25, 0.3) is 5.56 Å². The van der Waals surface area contributed by atoms with E-state index in [2.05, 4.69) is 10.6 Å². The monoisotopic (exact) mass is 249 g/mol. The van der Waals surface area contributed by atoms with Gasteiger partial charge in [-0.2, -0.15) is 0 Å². The van der Waals surface area contributed by atoms with Crippen LogP contribution in [-0.2, 0) is 11.3 Å². The van der Waals surface area contributed by atoms with Crippen LogP contribution < -0.4 is 16.2 Å². The van der Waals surface area contributed by atoms with Crippen molar-refractivity contribution in [1.29, 1.82) is 0 Å². The van der Waals surface area contributed by atoms with Gasteiger partial charge in [-0.25, -0.2) is 0 Å². The maximum Gasteiger partial charge on any atom is 0.250 e. The molecule has 1 aromatic rings. The predicted molar refractivity (Wildman–Crippen MR) is 70.6 cm³/mol. The van der Waals surface area contributed by atoms with Gasteiger partial charge in [0.15, 0.2) is 0 Å². The van der Waals surface area contributed by atoms with Crippen molar-refractivity contribution >= 4 is 11.6 Å². The van der Waals surface area contributed by atoms with Gasteiger partial charge in [0.1, 0.15) is 0 Å². The fourth-order valence-electron chi connectivity index (χ4n) is 1.75. The molecule has 0 aliphatic heterocycles. The van der Waals surface area contributed by atoms with E-state index in [1.54, 1.807) is 16.8 Å². The highest BCUT2D eigenvalue weighted by Crippen LogP contribution is 2.18. The van der Waals surface area contributed by atoms with Crippen molar-refractivity contribution in [3.8, 4) is 0 Å². The molecule has 1 aliphatic rings. The first kappa shape index (κ1) is 12.8. The molecule has 98 valence electrons. The highest BCUT2D eigenvalue weighted by atomic mass is 16.2. The quantitative estimate of drug-likeness (QED) is 0.789. The summed E-state index contributed by atoms with van der Waals surface area (Å²) in [5.74, 6) is -0.0661. The number of amides is 1. The Morgan fingerprint density at radius 1 is 1.44 bits per heavy atom. The lowest BCUT2D eigenvalue weighted by molar-refractivity contribution is -0.115. The van der Waals surface area contributed by atoms with Gasteiger partial charge in [-0.15, -0.1) is 0 Å². The van der Waals surface area contributed by atoms with E-state index in [-0.39, 0.29) is 11.5 Å². The van der Waals surface area contributed by atoms with Crippen LogP contribution in [-0.4, -0.2) is 23.1 Å². The van der Waals surface area contributed by atoms with Gasteiger partial charge in [0.2, 0.25) is 5.91 Å². The Morgan fingerprint density at radius 3 is 2.89 bits per heavy atom. The van der Waals surface area contributed by atoms with Crippen molar-refractivity contribution in [2.45, 2.75) is 38.8 Å². The molecule has 0 atom stereocenters. The first-order chi connectivity index (χ1) is 8.69. The Bertz CT molecular complexity index is 477. The molecule has 1 aromatic heterocycles. The number of anilines is 1. The van der Waals surface area contributed by atoms with E-state index in [1.807, 2.05) is 6.92 Å². The zero-order chi connectivity index (χ0) is 13.0. The number of aromatic nitrogens is 1. The van der Waals surface area contributed by atoms with E-state index in [4.69, 9.17) is 0 Å². The fourth-order valence-corrected chi connectivity index (χ4v) is 1.75. The van der Waals surface area contributed by atoms with Gasteiger partial charge in [-0.3, -0.25) is 9.59 Å². The molecule has 0 unspecified atom stereocenters. The summed E-state index contributed by atoms with van der Waals surface area (Å²) >= 11 is 0. The molecule has 1 fully saturated rings. The number of pyridine rings is 1. The predicted octanol–water partition coefficient (Wildman–Crippen LogP) is 0.949. The summed E-state index contributed by atoms with van der Waals surface area (Å²) in [6, 6.07) is 3.65. The second-order valence-corrected chi connectivity index (χ2v) is 4.65. The topological polar surface area (TPSA) is 63.1 Å². The second-order valence-electron chi connectivity index (χ2n) is 4.65. The minimum absolute atomic E-state index is 0.0362. The van der Waals surface area contributed by atoms with Crippen molar-refractivity contribution in [3.63, 3.8) is 0 Å². The normalized spacial score (nSPS) is 14.5. The van der Waals surface area contributed by atoms with Crippen molar-refractivity contribution < 1.29 is 4.79 Å². The summed E-state index contributed by atoms with van der Waals surface area (Å²) in [7, 11) is 0. The molecule has 1 heterocycles. The lowest BCUT2D eigenvalue weighted by Gasteiger charge is -2.09.